The highest BCUT2D eigenvalue weighted by Crippen LogP contribution is 2.23. The molecular weight excluding hydrogens is 346 g/mol. The number of rotatable bonds is 5. The summed E-state index contributed by atoms with van der Waals surface area (Å²) in [7, 11) is -1.89. The third kappa shape index (κ3) is 3.45. The second-order valence-corrected chi connectivity index (χ2v) is 6.86. The first-order valence-corrected chi connectivity index (χ1v) is 8.06. The lowest BCUT2D eigenvalue weighted by atomic mass is 10.2. The predicted octanol–water partition coefficient (Wildman–Crippen LogP) is 1.15. The minimum Gasteiger partial charge on any atom is -0.392 e. The summed E-state index contributed by atoms with van der Waals surface area (Å²) in [4.78, 5) is 0.105. The van der Waals surface area contributed by atoms with Crippen molar-refractivity contribution in [3.8, 4) is 0 Å². The molecule has 0 amide bonds. The number of aryl methyl sites for hydroxylation is 1. The van der Waals surface area contributed by atoms with Crippen LogP contribution in [0.2, 0.25) is 0 Å². The van der Waals surface area contributed by atoms with Crippen molar-refractivity contribution in [2.75, 3.05) is 0 Å². The van der Waals surface area contributed by atoms with Crippen LogP contribution in [0.25, 0.3) is 0 Å². The van der Waals surface area contributed by atoms with Crippen LogP contribution in [0.3, 0.4) is 0 Å². The maximum absolute atomic E-state index is 12.3. The minimum absolute atomic E-state index is 0.105. The van der Waals surface area contributed by atoms with Gasteiger partial charge in [0.05, 0.1) is 17.7 Å². The van der Waals surface area contributed by atoms with Crippen LogP contribution in [0, 0.1) is 0 Å². The topological polar surface area (TPSA) is 84.2 Å². The van der Waals surface area contributed by atoms with E-state index in [1.54, 1.807) is 36.3 Å². The van der Waals surface area contributed by atoms with E-state index in [0.29, 0.717) is 10.0 Å². The highest BCUT2D eigenvalue weighted by Gasteiger charge is 2.18. The summed E-state index contributed by atoms with van der Waals surface area (Å²) in [5, 5.41) is 13.1. The van der Waals surface area contributed by atoms with Gasteiger partial charge in [0.25, 0.3) is 0 Å². The molecule has 0 aliphatic heterocycles. The van der Waals surface area contributed by atoms with Crippen molar-refractivity contribution in [3.05, 3.63) is 46.2 Å². The molecule has 0 radical (unpaired) electrons. The predicted molar refractivity (Wildman–Crippen MR) is 77.3 cm³/mol. The third-order valence-electron chi connectivity index (χ3n) is 2.69. The molecule has 1 aromatic carbocycles. The maximum Gasteiger partial charge on any atom is 0.242 e. The quantitative estimate of drug-likeness (QED) is 0.838. The lowest BCUT2D eigenvalue weighted by Gasteiger charge is -2.09. The van der Waals surface area contributed by atoms with Crippen molar-refractivity contribution < 1.29 is 13.5 Å². The summed E-state index contributed by atoms with van der Waals surface area (Å²) in [6.45, 7) is -0.0512. The molecule has 0 saturated carbocycles. The lowest BCUT2D eigenvalue weighted by Crippen LogP contribution is -2.23. The maximum atomic E-state index is 12.3. The van der Waals surface area contributed by atoms with Crippen LogP contribution in [-0.4, -0.2) is 23.3 Å². The van der Waals surface area contributed by atoms with Gasteiger partial charge in [-0.1, -0.05) is 6.07 Å². The van der Waals surface area contributed by atoms with Crippen molar-refractivity contribution in [1.82, 2.24) is 14.5 Å². The highest BCUT2D eigenvalue weighted by atomic mass is 79.9. The van der Waals surface area contributed by atoms with Gasteiger partial charge in [-0.15, -0.1) is 0 Å². The average molecular weight is 360 g/mol. The number of nitrogens with zero attached hydrogens (tertiary/aromatic N) is 2. The van der Waals surface area contributed by atoms with Gasteiger partial charge in [-0.05, 0) is 33.6 Å². The van der Waals surface area contributed by atoms with Gasteiger partial charge >= 0.3 is 0 Å². The molecule has 0 fully saturated rings. The van der Waals surface area contributed by atoms with E-state index in [1.165, 1.54) is 6.07 Å². The van der Waals surface area contributed by atoms with Crippen LogP contribution in [0.1, 0.15) is 11.1 Å². The van der Waals surface area contributed by atoms with Gasteiger partial charge in [0.1, 0.15) is 0 Å². The Morgan fingerprint density at radius 3 is 2.75 bits per heavy atom. The van der Waals surface area contributed by atoms with Gasteiger partial charge < -0.3 is 5.11 Å². The monoisotopic (exact) mass is 359 g/mol. The number of nitrogens with one attached hydrogen (secondary N) is 1. The summed E-state index contributed by atoms with van der Waals surface area (Å²) in [5.41, 5.74) is 1.31. The zero-order chi connectivity index (χ0) is 14.8. The lowest BCUT2D eigenvalue weighted by molar-refractivity contribution is 0.281. The Labute approximate surface area is 125 Å². The molecule has 2 N–H and O–H groups in total. The van der Waals surface area contributed by atoms with Crippen LogP contribution >= 0.6 is 15.9 Å². The van der Waals surface area contributed by atoms with E-state index in [-0.39, 0.29) is 18.0 Å². The van der Waals surface area contributed by atoms with Crippen LogP contribution < -0.4 is 4.72 Å². The number of sulfonamides is 1. The molecule has 0 saturated heterocycles. The Kier molecular flexibility index (Phi) is 4.59. The molecule has 0 atom stereocenters. The zero-order valence-electron chi connectivity index (χ0n) is 10.7. The largest absolute Gasteiger partial charge is 0.392 e. The second-order valence-electron chi connectivity index (χ2n) is 4.27. The van der Waals surface area contributed by atoms with Gasteiger partial charge in [0, 0.05) is 29.8 Å². The zero-order valence-corrected chi connectivity index (χ0v) is 13.1. The van der Waals surface area contributed by atoms with Crippen LogP contribution in [0.15, 0.2) is 40.0 Å². The van der Waals surface area contributed by atoms with E-state index in [0.717, 1.165) is 5.56 Å². The Bertz CT molecular complexity index is 712. The summed E-state index contributed by atoms with van der Waals surface area (Å²) in [6.07, 6.45) is 3.34. The van der Waals surface area contributed by atoms with Crippen molar-refractivity contribution in [1.29, 1.82) is 0 Å². The normalized spacial score (nSPS) is 11.8. The number of hydrogen-bond donors (Lipinski definition) is 2. The Morgan fingerprint density at radius 1 is 1.40 bits per heavy atom. The van der Waals surface area contributed by atoms with E-state index < -0.39 is 10.0 Å². The fraction of sp³-hybridized carbons (Fsp3) is 0.250. The number of aliphatic hydroxyl groups excluding tert-OH is 1. The van der Waals surface area contributed by atoms with Gasteiger partial charge in [-0.3, -0.25) is 4.68 Å². The molecule has 1 heterocycles. The highest BCUT2D eigenvalue weighted by molar-refractivity contribution is 9.10. The molecule has 20 heavy (non-hydrogen) atoms. The average Bonchev–Trinajstić information content (AvgIpc) is 2.83. The fourth-order valence-corrected chi connectivity index (χ4v) is 3.70. The molecule has 2 rings (SSSR count). The third-order valence-corrected chi connectivity index (χ3v) is 5.09. The number of aromatic nitrogens is 2. The molecule has 0 bridgehead atoms. The van der Waals surface area contributed by atoms with Crippen LogP contribution in [-0.2, 0) is 30.2 Å². The standard InChI is InChI=1S/C12H14BrN3O3S/c1-16-7-10(5-14-16)6-15-20(18,19)12-4-9(8-17)2-3-11(12)13/h2-5,7,15,17H,6,8H2,1H3. The Morgan fingerprint density at radius 2 is 2.15 bits per heavy atom. The van der Waals surface area contributed by atoms with E-state index in [1.807, 2.05) is 0 Å². The summed E-state index contributed by atoms with van der Waals surface area (Å²) in [6, 6.07) is 4.70. The molecule has 0 aliphatic carbocycles. The number of halogens is 1. The number of benzene rings is 1. The van der Waals surface area contributed by atoms with Crippen molar-refractivity contribution >= 4 is 26.0 Å². The minimum atomic E-state index is -3.66. The Hall–Kier alpha value is -1.22. The van der Waals surface area contributed by atoms with E-state index in [4.69, 9.17) is 5.11 Å². The smallest absolute Gasteiger partial charge is 0.242 e. The van der Waals surface area contributed by atoms with E-state index >= 15 is 0 Å². The van der Waals surface area contributed by atoms with Crippen LogP contribution in [0.5, 0.6) is 0 Å². The molecule has 8 heteroatoms. The number of aliphatic hydroxyl groups is 1. The van der Waals surface area contributed by atoms with E-state index in [2.05, 4.69) is 25.8 Å². The van der Waals surface area contributed by atoms with Gasteiger partial charge in [-0.25, -0.2) is 13.1 Å². The van der Waals surface area contributed by atoms with Crippen LogP contribution in [0.4, 0.5) is 0 Å². The summed E-state index contributed by atoms with van der Waals surface area (Å²) < 4.78 is 29.1. The van der Waals surface area contributed by atoms with Gasteiger partial charge in [0.15, 0.2) is 0 Å². The first kappa shape index (κ1) is 15.2. The molecule has 108 valence electrons. The molecule has 6 nitrogen and oxygen atoms in total. The van der Waals surface area contributed by atoms with Crippen molar-refractivity contribution in [3.63, 3.8) is 0 Å². The molecular formula is C12H14BrN3O3S. The fourth-order valence-electron chi connectivity index (χ4n) is 1.67. The first-order chi connectivity index (χ1) is 9.42. The Balaban J connectivity index is 2.21. The van der Waals surface area contributed by atoms with Gasteiger partial charge in [0.2, 0.25) is 10.0 Å². The van der Waals surface area contributed by atoms with E-state index in [9.17, 15) is 8.42 Å². The molecule has 2 aromatic rings. The second kappa shape index (κ2) is 6.04. The SMILES string of the molecule is Cn1cc(CNS(=O)(=O)c2cc(CO)ccc2Br)cn1. The molecule has 0 spiro atoms. The molecule has 1 aromatic heterocycles. The van der Waals surface area contributed by atoms with Crippen molar-refractivity contribution in [2.24, 2.45) is 7.05 Å². The summed E-state index contributed by atoms with van der Waals surface area (Å²) in [5.74, 6) is 0. The van der Waals surface area contributed by atoms with Crippen molar-refractivity contribution in [2.45, 2.75) is 18.0 Å². The molecule has 0 aliphatic rings. The molecule has 0 unspecified atom stereocenters. The number of hydrogen-bond acceptors (Lipinski definition) is 4. The first-order valence-electron chi connectivity index (χ1n) is 5.79. The summed E-state index contributed by atoms with van der Waals surface area (Å²) >= 11 is 3.21. The van der Waals surface area contributed by atoms with Gasteiger partial charge in [-0.2, -0.15) is 5.10 Å².